The molecule has 0 atom stereocenters. The smallest absolute Gasteiger partial charge is 0.193 e. The molecule has 20 heavy (non-hydrogen) atoms. The average molecular weight is 285 g/mol. The summed E-state index contributed by atoms with van der Waals surface area (Å²) in [5.74, 6) is 0.867. The van der Waals surface area contributed by atoms with Crippen LogP contribution in [0.3, 0.4) is 0 Å². The Labute approximate surface area is 120 Å². The number of hydrogen-bond acceptors (Lipinski definition) is 5. The fraction of sp³-hybridized carbons (Fsp3) is 0.357. The van der Waals surface area contributed by atoms with Crippen LogP contribution in [-0.4, -0.2) is 30.8 Å². The van der Waals surface area contributed by atoms with Crippen molar-refractivity contribution in [2.45, 2.75) is 26.4 Å². The Bertz CT molecular complexity index is 731. The summed E-state index contributed by atoms with van der Waals surface area (Å²) in [6.45, 7) is 4.79. The number of nitrogens with zero attached hydrogens (tertiary/aromatic N) is 5. The first kappa shape index (κ1) is 12.0. The van der Waals surface area contributed by atoms with E-state index in [2.05, 4.69) is 42.0 Å². The Kier molecular flexibility index (Phi) is 2.78. The standard InChI is InChI=1S/C14H15N5S/c1-10-15-6-11-7-18(3-2-13(11)16-10)8-12-9-19-4-5-20-14(19)17-12/h4-6,9H,2-3,7-8H2,1H3. The van der Waals surface area contributed by atoms with Crippen LogP contribution in [0.2, 0.25) is 0 Å². The van der Waals surface area contributed by atoms with E-state index >= 15 is 0 Å². The summed E-state index contributed by atoms with van der Waals surface area (Å²) in [6.07, 6.45) is 7.14. The van der Waals surface area contributed by atoms with E-state index in [4.69, 9.17) is 0 Å². The van der Waals surface area contributed by atoms with Crippen molar-refractivity contribution in [1.29, 1.82) is 0 Å². The lowest BCUT2D eigenvalue weighted by Crippen LogP contribution is -2.31. The maximum absolute atomic E-state index is 4.65. The first-order chi connectivity index (χ1) is 9.78. The quantitative estimate of drug-likeness (QED) is 0.723. The van der Waals surface area contributed by atoms with E-state index in [1.54, 1.807) is 11.3 Å². The second-order valence-corrected chi connectivity index (χ2v) is 6.05. The third kappa shape index (κ3) is 2.10. The topological polar surface area (TPSA) is 46.3 Å². The van der Waals surface area contributed by atoms with Gasteiger partial charge in [-0.05, 0) is 6.92 Å². The van der Waals surface area contributed by atoms with Crippen molar-refractivity contribution in [2.24, 2.45) is 0 Å². The minimum absolute atomic E-state index is 0.867. The number of thiazole rings is 1. The van der Waals surface area contributed by atoms with Crippen LogP contribution in [0.25, 0.3) is 4.96 Å². The van der Waals surface area contributed by atoms with Crippen LogP contribution in [0.5, 0.6) is 0 Å². The molecule has 4 heterocycles. The monoisotopic (exact) mass is 285 g/mol. The molecule has 0 unspecified atom stereocenters. The summed E-state index contributed by atoms with van der Waals surface area (Å²) in [5, 5.41) is 2.06. The highest BCUT2D eigenvalue weighted by Gasteiger charge is 2.18. The molecular formula is C14H15N5S. The lowest BCUT2D eigenvalue weighted by atomic mass is 10.1. The number of imidazole rings is 1. The normalized spacial score (nSPS) is 15.7. The molecule has 6 heteroatoms. The van der Waals surface area contributed by atoms with Crippen LogP contribution < -0.4 is 0 Å². The minimum Gasteiger partial charge on any atom is -0.297 e. The summed E-state index contributed by atoms with van der Waals surface area (Å²) in [6, 6.07) is 0. The Morgan fingerprint density at radius 3 is 3.20 bits per heavy atom. The van der Waals surface area contributed by atoms with Gasteiger partial charge in [0.05, 0.1) is 5.69 Å². The van der Waals surface area contributed by atoms with E-state index in [1.807, 2.05) is 13.1 Å². The number of aromatic nitrogens is 4. The molecule has 0 fully saturated rings. The summed E-state index contributed by atoms with van der Waals surface area (Å²) in [7, 11) is 0. The van der Waals surface area contributed by atoms with Gasteiger partial charge in [0, 0.05) is 61.3 Å². The van der Waals surface area contributed by atoms with Gasteiger partial charge < -0.3 is 0 Å². The molecule has 102 valence electrons. The van der Waals surface area contributed by atoms with E-state index in [9.17, 15) is 0 Å². The molecule has 3 aromatic rings. The van der Waals surface area contributed by atoms with Crippen LogP contribution in [0.1, 0.15) is 22.8 Å². The molecular weight excluding hydrogens is 270 g/mol. The second kappa shape index (κ2) is 4.64. The summed E-state index contributed by atoms with van der Waals surface area (Å²) in [4.78, 5) is 17.0. The average Bonchev–Trinajstić information content (AvgIpc) is 3.00. The third-order valence-electron chi connectivity index (χ3n) is 3.66. The highest BCUT2D eigenvalue weighted by molar-refractivity contribution is 7.15. The van der Waals surface area contributed by atoms with Crippen molar-refractivity contribution < 1.29 is 0 Å². The SMILES string of the molecule is Cc1ncc2c(n1)CCN(Cc1cn3ccsc3n1)C2. The van der Waals surface area contributed by atoms with Gasteiger partial charge in [-0.15, -0.1) is 11.3 Å². The van der Waals surface area contributed by atoms with Crippen molar-refractivity contribution in [3.05, 3.63) is 46.7 Å². The van der Waals surface area contributed by atoms with Gasteiger partial charge in [-0.25, -0.2) is 15.0 Å². The fourth-order valence-electron chi connectivity index (χ4n) is 2.69. The maximum atomic E-state index is 4.65. The van der Waals surface area contributed by atoms with E-state index in [0.717, 1.165) is 42.5 Å². The van der Waals surface area contributed by atoms with E-state index in [1.165, 1.54) is 11.3 Å². The first-order valence-corrected chi connectivity index (χ1v) is 7.61. The zero-order chi connectivity index (χ0) is 13.5. The molecule has 0 aliphatic carbocycles. The Hall–Kier alpha value is -1.79. The summed E-state index contributed by atoms with van der Waals surface area (Å²) in [5.41, 5.74) is 3.59. The van der Waals surface area contributed by atoms with Crippen molar-refractivity contribution in [2.75, 3.05) is 6.54 Å². The lowest BCUT2D eigenvalue weighted by molar-refractivity contribution is 0.240. The summed E-state index contributed by atoms with van der Waals surface area (Å²) >= 11 is 1.67. The molecule has 0 radical (unpaired) electrons. The Balaban J connectivity index is 1.53. The largest absolute Gasteiger partial charge is 0.297 e. The zero-order valence-corrected chi connectivity index (χ0v) is 12.1. The molecule has 0 amide bonds. The van der Waals surface area contributed by atoms with Gasteiger partial charge in [-0.2, -0.15) is 0 Å². The molecule has 0 bridgehead atoms. The predicted octanol–water partition coefficient (Wildman–Crippen LogP) is 2.05. The van der Waals surface area contributed by atoms with Gasteiger partial charge in [0.2, 0.25) is 0 Å². The fourth-order valence-corrected chi connectivity index (χ4v) is 3.41. The molecule has 1 aliphatic heterocycles. The maximum Gasteiger partial charge on any atom is 0.193 e. The van der Waals surface area contributed by atoms with Gasteiger partial charge >= 0.3 is 0 Å². The van der Waals surface area contributed by atoms with Gasteiger partial charge in [-0.3, -0.25) is 9.30 Å². The van der Waals surface area contributed by atoms with Gasteiger partial charge in [0.25, 0.3) is 0 Å². The Morgan fingerprint density at radius 1 is 1.35 bits per heavy atom. The van der Waals surface area contributed by atoms with Crippen molar-refractivity contribution >= 4 is 16.3 Å². The lowest BCUT2D eigenvalue weighted by Gasteiger charge is -2.27. The molecule has 0 N–H and O–H groups in total. The molecule has 4 rings (SSSR count). The molecule has 0 spiro atoms. The van der Waals surface area contributed by atoms with Crippen LogP contribution in [0.4, 0.5) is 0 Å². The summed E-state index contributed by atoms with van der Waals surface area (Å²) < 4.78 is 2.09. The highest BCUT2D eigenvalue weighted by atomic mass is 32.1. The molecule has 0 saturated carbocycles. The van der Waals surface area contributed by atoms with Gasteiger partial charge in [0.15, 0.2) is 4.96 Å². The van der Waals surface area contributed by atoms with Gasteiger partial charge in [0.1, 0.15) is 5.82 Å². The van der Waals surface area contributed by atoms with Crippen LogP contribution in [0, 0.1) is 6.92 Å². The molecule has 0 aromatic carbocycles. The zero-order valence-electron chi connectivity index (χ0n) is 11.3. The number of aryl methyl sites for hydroxylation is 1. The minimum atomic E-state index is 0.867. The number of fused-ring (bicyclic) bond motifs is 2. The van der Waals surface area contributed by atoms with Crippen molar-refractivity contribution in [1.82, 2.24) is 24.3 Å². The first-order valence-electron chi connectivity index (χ1n) is 6.73. The van der Waals surface area contributed by atoms with Crippen molar-refractivity contribution in [3.8, 4) is 0 Å². The number of rotatable bonds is 2. The third-order valence-corrected chi connectivity index (χ3v) is 4.43. The molecule has 1 aliphatic rings. The highest BCUT2D eigenvalue weighted by Crippen LogP contribution is 2.19. The number of hydrogen-bond donors (Lipinski definition) is 0. The van der Waals surface area contributed by atoms with E-state index < -0.39 is 0 Å². The molecule has 5 nitrogen and oxygen atoms in total. The van der Waals surface area contributed by atoms with Crippen molar-refractivity contribution in [3.63, 3.8) is 0 Å². The molecule has 0 saturated heterocycles. The predicted molar refractivity (Wildman–Crippen MR) is 77.7 cm³/mol. The van der Waals surface area contributed by atoms with E-state index in [0.29, 0.717) is 0 Å². The van der Waals surface area contributed by atoms with E-state index in [-0.39, 0.29) is 0 Å². The molecule has 3 aromatic heterocycles. The van der Waals surface area contributed by atoms with Crippen LogP contribution in [-0.2, 0) is 19.5 Å². The van der Waals surface area contributed by atoms with Crippen LogP contribution in [0.15, 0.2) is 24.0 Å². The van der Waals surface area contributed by atoms with Crippen LogP contribution >= 0.6 is 11.3 Å². The Morgan fingerprint density at radius 2 is 2.30 bits per heavy atom. The second-order valence-electron chi connectivity index (χ2n) is 5.17. The van der Waals surface area contributed by atoms with Gasteiger partial charge in [-0.1, -0.05) is 0 Å².